The van der Waals surface area contributed by atoms with E-state index < -0.39 is 0 Å². The van der Waals surface area contributed by atoms with Crippen molar-refractivity contribution in [1.29, 1.82) is 0 Å². The number of thiophene rings is 1. The fourth-order valence-electron chi connectivity index (χ4n) is 3.89. The van der Waals surface area contributed by atoms with Crippen LogP contribution in [0.15, 0.2) is 83.1 Å². The van der Waals surface area contributed by atoms with Crippen LogP contribution in [0.2, 0.25) is 0 Å². The average molecular weight is 526 g/mol. The van der Waals surface area contributed by atoms with Crippen molar-refractivity contribution >= 4 is 33.7 Å². The van der Waals surface area contributed by atoms with Gasteiger partial charge in [0.25, 0.3) is 5.56 Å². The molecule has 0 radical (unpaired) electrons. The zero-order valence-corrected chi connectivity index (χ0v) is 21.9. The summed E-state index contributed by atoms with van der Waals surface area (Å²) in [5, 5.41) is 11.3. The molecule has 0 spiro atoms. The highest BCUT2D eigenvalue weighted by Gasteiger charge is 2.15. The van der Waals surface area contributed by atoms with Gasteiger partial charge in [-0.3, -0.25) is 4.79 Å². The van der Waals surface area contributed by atoms with E-state index in [1.165, 1.54) is 15.9 Å². The Kier molecular flexibility index (Phi) is 6.15. The highest BCUT2D eigenvalue weighted by molar-refractivity contribution is 7.15. The molecule has 4 aromatic heterocycles. The Morgan fingerprint density at radius 3 is 2.51 bits per heavy atom. The number of ether oxygens (including phenoxy) is 1. The van der Waals surface area contributed by atoms with Gasteiger partial charge in [-0.05, 0) is 59.8 Å². The van der Waals surface area contributed by atoms with E-state index in [-0.39, 0.29) is 5.56 Å². The standard InChI is InChI=1S/C28H23N5O2S2/c1-18(2)17-35-22-12-10-19(11-13-22)25-20(16-32(30-25)21-7-4-3-5-8-21)15-24-27(34)33-28(37-24)29-26(31-33)23-9-6-14-36-23/h3-16,18H,17H2,1-2H3. The van der Waals surface area contributed by atoms with Gasteiger partial charge < -0.3 is 4.74 Å². The molecule has 0 bridgehead atoms. The van der Waals surface area contributed by atoms with Crippen LogP contribution in [0.3, 0.4) is 0 Å². The molecule has 0 aliphatic heterocycles. The smallest absolute Gasteiger partial charge is 0.291 e. The van der Waals surface area contributed by atoms with Crippen molar-refractivity contribution in [2.75, 3.05) is 6.61 Å². The topological polar surface area (TPSA) is 74.3 Å². The molecule has 0 unspecified atom stereocenters. The second kappa shape index (κ2) is 9.76. The summed E-state index contributed by atoms with van der Waals surface area (Å²) < 4.78 is 9.62. The fourth-order valence-corrected chi connectivity index (χ4v) is 5.44. The Bertz CT molecular complexity index is 1770. The molecule has 6 rings (SSSR count). The van der Waals surface area contributed by atoms with Gasteiger partial charge in [-0.1, -0.05) is 49.4 Å². The highest BCUT2D eigenvalue weighted by atomic mass is 32.1. The van der Waals surface area contributed by atoms with Crippen LogP contribution < -0.4 is 14.8 Å². The van der Waals surface area contributed by atoms with Crippen LogP contribution in [-0.2, 0) is 0 Å². The molecule has 0 amide bonds. The van der Waals surface area contributed by atoms with E-state index in [2.05, 4.69) is 23.9 Å². The van der Waals surface area contributed by atoms with Gasteiger partial charge in [0, 0.05) is 17.3 Å². The van der Waals surface area contributed by atoms with Gasteiger partial charge >= 0.3 is 0 Å². The Hall–Kier alpha value is -4.08. The maximum atomic E-state index is 13.2. The zero-order chi connectivity index (χ0) is 25.4. The third kappa shape index (κ3) is 4.71. The summed E-state index contributed by atoms with van der Waals surface area (Å²) >= 11 is 2.88. The number of hydrogen-bond acceptors (Lipinski definition) is 7. The van der Waals surface area contributed by atoms with E-state index in [9.17, 15) is 4.79 Å². The van der Waals surface area contributed by atoms with Crippen LogP contribution >= 0.6 is 22.7 Å². The second-order valence-electron chi connectivity index (χ2n) is 8.97. The number of para-hydroxylation sites is 1. The van der Waals surface area contributed by atoms with Gasteiger partial charge in [0.2, 0.25) is 4.96 Å². The number of nitrogens with zero attached hydrogens (tertiary/aromatic N) is 5. The minimum Gasteiger partial charge on any atom is -0.493 e. The lowest BCUT2D eigenvalue weighted by Crippen LogP contribution is -2.23. The number of rotatable bonds is 7. The first-order valence-electron chi connectivity index (χ1n) is 11.9. The molecule has 2 aromatic carbocycles. The van der Waals surface area contributed by atoms with E-state index in [1.807, 2.05) is 89.1 Å². The number of benzene rings is 2. The maximum Gasteiger partial charge on any atom is 0.291 e. The Labute approximate surface area is 220 Å². The normalized spacial score (nSPS) is 12.1. The Morgan fingerprint density at radius 2 is 1.81 bits per heavy atom. The molecular formula is C28H23N5O2S2. The van der Waals surface area contributed by atoms with E-state index in [1.54, 1.807) is 11.3 Å². The van der Waals surface area contributed by atoms with Gasteiger partial charge in [0.05, 0.1) is 21.7 Å². The molecule has 0 atom stereocenters. The molecule has 0 aliphatic rings. The highest BCUT2D eigenvalue weighted by Crippen LogP contribution is 2.27. The molecule has 9 heteroatoms. The predicted molar refractivity (Wildman–Crippen MR) is 149 cm³/mol. The third-order valence-corrected chi connectivity index (χ3v) is 7.51. The number of hydrogen-bond donors (Lipinski definition) is 0. The lowest BCUT2D eigenvalue weighted by Gasteiger charge is -2.09. The fraction of sp³-hybridized carbons (Fsp3) is 0.143. The molecule has 7 nitrogen and oxygen atoms in total. The molecule has 184 valence electrons. The molecule has 6 aromatic rings. The summed E-state index contributed by atoms with van der Waals surface area (Å²) in [6.07, 6.45) is 3.82. The molecule has 37 heavy (non-hydrogen) atoms. The van der Waals surface area contributed by atoms with Gasteiger partial charge in [0.1, 0.15) is 11.4 Å². The Balaban J connectivity index is 1.43. The quantitative estimate of drug-likeness (QED) is 0.282. The molecule has 0 N–H and O–H groups in total. The summed E-state index contributed by atoms with van der Waals surface area (Å²) in [4.78, 5) is 19.3. The molecule has 0 saturated heterocycles. The molecule has 0 fully saturated rings. The van der Waals surface area contributed by atoms with Crippen LogP contribution in [0, 0.1) is 5.92 Å². The van der Waals surface area contributed by atoms with Crippen molar-refractivity contribution in [3.63, 3.8) is 0 Å². The first kappa shape index (κ1) is 23.3. The van der Waals surface area contributed by atoms with Crippen molar-refractivity contribution in [3.05, 3.63) is 98.8 Å². The molecular weight excluding hydrogens is 502 g/mol. The van der Waals surface area contributed by atoms with Crippen LogP contribution in [0.25, 0.3) is 38.7 Å². The predicted octanol–water partition coefficient (Wildman–Crippen LogP) is 5.31. The Morgan fingerprint density at radius 1 is 1.00 bits per heavy atom. The zero-order valence-electron chi connectivity index (χ0n) is 20.2. The third-order valence-electron chi connectivity index (χ3n) is 5.68. The van der Waals surface area contributed by atoms with Crippen molar-refractivity contribution in [2.45, 2.75) is 13.8 Å². The van der Waals surface area contributed by atoms with E-state index in [0.717, 1.165) is 33.1 Å². The molecule has 0 saturated carbocycles. The van der Waals surface area contributed by atoms with Crippen LogP contribution in [0.5, 0.6) is 5.75 Å². The number of thiazole rings is 1. The van der Waals surface area contributed by atoms with E-state index >= 15 is 0 Å². The summed E-state index contributed by atoms with van der Waals surface area (Å²) in [6.45, 7) is 4.91. The van der Waals surface area contributed by atoms with Crippen molar-refractivity contribution in [1.82, 2.24) is 24.4 Å². The van der Waals surface area contributed by atoms with E-state index in [4.69, 9.17) is 9.84 Å². The lowest BCUT2D eigenvalue weighted by molar-refractivity contribution is 0.271. The van der Waals surface area contributed by atoms with Gasteiger partial charge in [-0.25, -0.2) is 4.68 Å². The largest absolute Gasteiger partial charge is 0.493 e. The van der Waals surface area contributed by atoms with Gasteiger partial charge in [-0.2, -0.15) is 14.6 Å². The summed E-state index contributed by atoms with van der Waals surface area (Å²) in [6, 6.07) is 21.7. The van der Waals surface area contributed by atoms with Crippen LogP contribution in [0.4, 0.5) is 0 Å². The summed E-state index contributed by atoms with van der Waals surface area (Å²) in [5.74, 6) is 1.84. The average Bonchev–Trinajstić information content (AvgIpc) is 3.70. The minimum absolute atomic E-state index is 0.189. The molecule has 4 heterocycles. The first-order valence-corrected chi connectivity index (χ1v) is 13.6. The lowest BCUT2D eigenvalue weighted by atomic mass is 10.1. The van der Waals surface area contributed by atoms with Crippen molar-refractivity contribution in [2.24, 2.45) is 5.92 Å². The summed E-state index contributed by atoms with van der Waals surface area (Å²) in [7, 11) is 0. The summed E-state index contributed by atoms with van der Waals surface area (Å²) in [5.41, 5.74) is 3.29. The maximum absolute atomic E-state index is 13.2. The monoisotopic (exact) mass is 525 g/mol. The van der Waals surface area contributed by atoms with Gasteiger partial charge in [-0.15, -0.1) is 16.4 Å². The van der Waals surface area contributed by atoms with Crippen LogP contribution in [-0.4, -0.2) is 31.0 Å². The number of aromatic nitrogens is 5. The van der Waals surface area contributed by atoms with Gasteiger partial charge in [0.15, 0.2) is 5.82 Å². The minimum atomic E-state index is -0.189. The molecule has 0 aliphatic carbocycles. The van der Waals surface area contributed by atoms with Crippen molar-refractivity contribution in [3.8, 4) is 33.4 Å². The van der Waals surface area contributed by atoms with Crippen LogP contribution in [0.1, 0.15) is 19.4 Å². The first-order chi connectivity index (χ1) is 18.0. The second-order valence-corrected chi connectivity index (χ2v) is 10.9. The van der Waals surface area contributed by atoms with E-state index in [0.29, 0.717) is 27.8 Å². The SMILES string of the molecule is CC(C)COc1ccc(-c2nn(-c3ccccc3)cc2C=c2sc3nc(-c4cccs4)nn3c2=O)cc1. The number of fused-ring (bicyclic) bond motifs is 1. The van der Waals surface area contributed by atoms with Crippen molar-refractivity contribution < 1.29 is 4.74 Å².